The van der Waals surface area contributed by atoms with E-state index in [4.69, 9.17) is 4.74 Å². The van der Waals surface area contributed by atoms with Crippen molar-refractivity contribution in [2.45, 2.75) is 18.7 Å². The highest BCUT2D eigenvalue weighted by Crippen LogP contribution is 2.36. The maximum absolute atomic E-state index is 12.7. The summed E-state index contributed by atoms with van der Waals surface area (Å²) in [5.41, 5.74) is 3.59. The minimum Gasteiger partial charge on any atom is -0.469 e. The Bertz CT molecular complexity index is 687. The van der Waals surface area contributed by atoms with Crippen LogP contribution in [0.25, 0.3) is 0 Å². The van der Waals surface area contributed by atoms with E-state index in [1.807, 2.05) is 0 Å². The van der Waals surface area contributed by atoms with E-state index in [9.17, 15) is 14.4 Å². The highest BCUT2D eigenvalue weighted by Gasteiger charge is 2.47. The van der Waals surface area contributed by atoms with Crippen LogP contribution in [0.5, 0.6) is 5.75 Å². The lowest BCUT2D eigenvalue weighted by molar-refractivity contribution is -0.142. The van der Waals surface area contributed by atoms with Gasteiger partial charge in [0.15, 0.2) is 5.78 Å². The number of ketones is 1. The van der Waals surface area contributed by atoms with Crippen LogP contribution in [0.15, 0.2) is 18.2 Å². The first kappa shape index (κ1) is 18.8. The van der Waals surface area contributed by atoms with Crippen molar-refractivity contribution >= 4 is 23.3 Å². The lowest BCUT2D eigenvalue weighted by atomic mass is 10.0. The number of ether oxygens (including phenoxy) is 2. The number of esters is 1. The molecule has 0 aromatic heterocycles. The van der Waals surface area contributed by atoms with Gasteiger partial charge in [-0.3, -0.25) is 25.0 Å². The molecule has 1 amide bonds. The molecule has 1 aliphatic heterocycles. The van der Waals surface area contributed by atoms with E-state index in [-0.39, 0.29) is 18.6 Å². The first-order chi connectivity index (χ1) is 11.9. The zero-order chi connectivity index (χ0) is 18.6. The van der Waals surface area contributed by atoms with Crippen LogP contribution in [0.1, 0.15) is 23.2 Å². The summed E-state index contributed by atoms with van der Waals surface area (Å²) in [4.78, 5) is 36.2. The minimum atomic E-state index is -1.41. The molecule has 0 atom stereocenters. The average Bonchev–Trinajstić information content (AvgIpc) is 2.65. The van der Waals surface area contributed by atoms with Gasteiger partial charge in [0.25, 0.3) is 5.85 Å². The molecule has 9 heteroatoms. The summed E-state index contributed by atoms with van der Waals surface area (Å²) in [7, 11) is 6.06. The van der Waals surface area contributed by atoms with Crippen molar-refractivity contribution in [1.82, 2.24) is 16.1 Å². The van der Waals surface area contributed by atoms with Gasteiger partial charge < -0.3 is 9.47 Å². The van der Waals surface area contributed by atoms with Gasteiger partial charge in [0, 0.05) is 19.0 Å². The highest BCUT2D eigenvalue weighted by molar-refractivity contribution is 6.04. The Morgan fingerprint density at radius 1 is 1.20 bits per heavy atom. The molecule has 9 nitrogen and oxygen atoms in total. The molecule has 0 aliphatic carbocycles. The molecule has 0 radical (unpaired) electrons. The van der Waals surface area contributed by atoms with Gasteiger partial charge in [-0.15, -0.1) is 0 Å². The Kier molecular flexibility index (Phi) is 5.73. The lowest BCUT2D eigenvalue weighted by Gasteiger charge is -2.41. The molecule has 25 heavy (non-hydrogen) atoms. The molecule has 2 rings (SSSR count). The molecule has 0 spiro atoms. The number of benzene rings is 1. The third-order valence-electron chi connectivity index (χ3n) is 4.00. The second-order valence-electron chi connectivity index (χ2n) is 5.33. The van der Waals surface area contributed by atoms with Gasteiger partial charge in [0.05, 0.1) is 13.5 Å². The lowest BCUT2D eigenvalue weighted by Crippen LogP contribution is -2.71. The quantitative estimate of drug-likeness (QED) is 0.352. The largest absolute Gasteiger partial charge is 0.469 e. The molecule has 0 unspecified atom stereocenters. The molecule has 0 fully saturated rings. The van der Waals surface area contributed by atoms with E-state index in [2.05, 4.69) is 20.8 Å². The monoisotopic (exact) mass is 350 g/mol. The zero-order valence-corrected chi connectivity index (χ0v) is 14.6. The predicted molar refractivity (Wildman–Crippen MR) is 90.0 cm³/mol. The second-order valence-corrected chi connectivity index (χ2v) is 5.33. The molecule has 136 valence electrons. The minimum absolute atomic E-state index is 0.000210. The molecular formula is C16H22N4O5. The number of methoxy groups -OCH3 is 1. The van der Waals surface area contributed by atoms with Crippen LogP contribution < -0.4 is 25.8 Å². The predicted octanol–water partition coefficient (Wildman–Crippen LogP) is -0.225. The number of hydrogen-bond acceptors (Lipinski definition) is 8. The fourth-order valence-corrected chi connectivity index (χ4v) is 2.55. The maximum Gasteiger partial charge on any atom is 0.317 e. The van der Waals surface area contributed by atoms with E-state index < -0.39 is 17.7 Å². The number of nitrogens with one attached hydrogen (secondary N) is 3. The van der Waals surface area contributed by atoms with Crippen LogP contribution in [0.3, 0.4) is 0 Å². The number of carbonyl (C=O) groups excluding carboxylic acids is 3. The van der Waals surface area contributed by atoms with E-state index in [0.29, 0.717) is 17.0 Å². The Balaban J connectivity index is 2.33. The van der Waals surface area contributed by atoms with Gasteiger partial charge in [-0.25, -0.2) is 10.4 Å². The number of Topliss-reactive ketones (excluding diaryl/α,β-unsaturated/α-hetero) is 1. The summed E-state index contributed by atoms with van der Waals surface area (Å²) in [6.07, 6.45) is 0.0248. The highest BCUT2D eigenvalue weighted by atomic mass is 16.5. The summed E-state index contributed by atoms with van der Waals surface area (Å²) in [6.45, 7) is 0. The molecule has 0 saturated heterocycles. The van der Waals surface area contributed by atoms with Crippen molar-refractivity contribution in [1.29, 1.82) is 0 Å². The van der Waals surface area contributed by atoms with Crippen LogP contribution in [-0.4, -0.2) is 51.8 Å². The number of rotatable bonds is 7. The standard InChI is InChI=1S/C16H22N4O5/c1-17-16(18-2)15(23)20(19-3)11-9-10(5-7-13(11)25-16)12(21)6-8-14(22)24-4/h5,7,9,17-19H,6,8H2,1-4H3. The third kappa shape index (κ3) is 3.48. The van der Waals surface area contributed by atoms with Gasteiger partial charge >= 0.3 is 11.9 Å². The molecule has 1 aromatic carbocycles. The SMILES string of the molecule is CNN1C(=O)C(NC)(NC)Oc2ccc(C(=O)CCC(=O)OC)cc21. The van der Waals surface area contributed by atoms with Gasteiger partial charge in [-0.05, 0) is 32.3 Å². The number of carbonyl (C=O) groups is 3. The second kappa shape index (κ2) is 7.60. The van der Waals surface area contributed by atoms with Crippen LogP contribution in [-0.2, 0) is 14.3 Å². The van der Waals surface area contributed by atoms with Crippen molar-refractivity contribution in [3.05, 3.63) is 23.8 Å². The van der Waals surface area contributed by atoms with Crippen LogP contribution in [0.4, 0.5) is 5.69 Å². The van der Waals surface area contributed by atoms with Crippen LogP contribution in [0.2, 0.25) is 0 Å². The number of hydrogen-bond donors (Lipinski definition) is 3. The van der Waals surface area contributed by atoms with Crippen LogP contribution >= 0.6 is 0 Å². The summed E-state index contributed by atoms with van der Waals surface area (Å²) in [5, 5.41) is 6.93. The first-order valence-electron chi connectivity index (χ1n) is 7.75. The smallest absolute Gasteiger partial charge is 0.317 e. The number of likely N-dealkylation sites (N-methyl/N-ethyl adjacent to an activating group) is 2. The van der Waals surface area contributed by atoms with Crippen LogP contribution in [0, 0.1) is 0 Å². The summed E-state index contributed by atoms with van der Waals surface area (Å²) in [5.74, 6) is -2.08. The molecule has 1 heterocycles. The normalized spacial score (nSPS) is 15.4. The number of nitrogens with zero attached hydrogens (tertiary/aromatic N) is 1. The van der Waals surface area contributed by atoms with Crippen molar-refractivity contribution in [2.75, 3.05) is 33.3 Å². The molecule has 0 bridgehead atoms. The molecule has 1 aliphatic rings. The summed E-state index contributed by atoms with van der Waals surface area (Å²) < 4.78 is 10.3. The van der Waals surface area contributed by atoms with Gasteiger partial charge in [0.1, 0.15) is 11.4 Å². The number of amides is 1. The Labute approximate surface area is 145 Å². The summed E-state index contributed by atoms with van der Waals surface area (Å²) in [6, 6.07) is 4.76. The summed E-state index contributed by atoms with van der Waals surface area (Å²) >= 11 is 0. The number of hydrazine groups is 1. The number of fused-ring (bicyclic) bond motifs is 1. The fraction of sp³-hybridized carbons (Fsp3) is 0.438. The van der Waals surface area contributed by atoms with E-state index in [0.717, 1.165) is 0 Å². The fourth-order valence-electron chi connectivity index (χ4n) is 2.55. The van der Waals surface area contributed by atoms with Crippen molar-refractivity contribution in [3.63, 3.8) is 0 Å². The van der Waals surface area contributed by atoms with Crippen molar-refractivity contribution in [3.8, 4) is 5.75 Å². The third-order valence-corrected chi connectivity index (χ3v) is 4.00. The average molecular weight is 350 g/mol. The van der Waals surface area contributed by atoms with E-state index in [1.54, 1.807) is 39.3 Å². The molecule has 1 aromatic rings. The van der Waals surface area contributed by atoms with Crippen molar-refractivity contribution in [2.24, 2.45) is 0 Å². The van der Waals surface area contributed by atoms with Gasteiger partial charge in [-0.2, -0.15) is 0 Å². The van der Waals surface area contributed by atoms with E-state index >= 15 is 0 Å². The number of anilines is 1. The Hall–Kier alpha value is -2.49. The van der Waals surface area contributed by atoms with Gasteiger partial charge in [-0.1, -0.05) is 0 Å². The first-order valence-corrected chi connectivity index (χ1v) is 7.75. The van der Waals surface area contributed by atoms with E-state index in [1.165, 1.54) is 12.1 Å². The van der Waals surface area contributed by atoms with Crippen molar-refractivity contribution < 1.29 is 23.9 Å². The molecule has 0 saturated carbocycles. The Morgan fingerprint density at radius 2 is 1.88 bits per heavy atom. The Morgan fingerprint density at radius 3 is 2.44 bits per heavy atom. The molecule has 3 N–H and O–H groups in total. The molecular weight excluding hydrogens is 328 g/mol. The van der Waals surface area contributed by atoms with Gasteiger partial charge in [0.2, 0.25) is 0 Å². The maximum atomic E-state index is 12.7. The topological polar surface area (TPSA) is 109 Å². The zero-order valence-electron chi connectivity index (χ0n) is 14.6.